The fourth-order valence-corrected chi connectivity index (χ4v) is 2.51. The first-order chi connectivity index (χ1) is 8.65. The highest BCUT2D eigenvalue weighted by Crippen LogP contribution is 2.15. The van der Waals surface area contributed by atoms with E-state index >= 15 is 0 Å². The van der Waals surface area contributed by atoms with Crippen LogP contribution in [-0.4, -0.2) is 30.9 Å². The Labute approximate surface area is 129 Å². The molecule has 0 bridgehead atoms. The predicted octanol–water partition coefficient (Wildman–Crippen LogP) is 2.83. The van der Waals surface area contributed by atoms with E-state index in [9.17, 15) is 4.79 Å². The van der Waals surface area contributed by atoms with Crippen molar-refractivity contribution in [1.82, 2.24) is 10.2 Å². The van der Waals surface area contributed by atoms with Crippen molar-refractivity contribution in [3.8, 4) is 0 Å². The number of amides is 1. The van der Waals surface area contributed by atoms with Crippen molar-refractivity contribution in [3.63, 3.8) is 0 Å². The molecule has 1 heterocycles. The molecule has 1 atom stereocenters. The Balaban J connectivity index is 0.00000180. The molecule has 1 fully saturated rings. The zero-order valence-corrected chi connectivity index (χ0v) is 13.5. The van der Waals surface area contributed by atoms with Crippen LogP contribution < -0.4 is 5.32 Å². The maximum atomic E-state index is 12.1. The minimum atomic E-state index is 0. The lowest BCUT2D eigenvalue weighted by Gasteiger charge is -2.19. The van der Waals surface area contributed by atoms with Gasteiger partial charge in [-0.3, -0.25) is 4.79 Å². The number of nitrogens with one attached hydrogen (secondary N) is 1. The van der Waals surface area contributed by atoms with E-state index in [1.54, 1.807) is 0 Å². The number of nitrogens with zero attached hydrogens (tertiary/aromatic N) is 1. The average molecular weight is 348 g/mol. The van der Waals surface area contributed by atoms with Gasteiger partial charge in [0.15, 0.2) is 0 Å². The van der Waals surface area contributed by atoms with Crippen LogP contribution in [-0.2, 0) is 11.3 Å². The van der Waals surface area contributed by atoms with Crippen LogP contribution in [0.3, 0.4) is 0 Å². The van der Waals surface area contributed by atoms with E-state index in [1.807, 2.05) is 36.2 Å². The molecule has 5 heteroatoms. The molecule has 0 radical (unpaired) electrons. The van der Waals surface area contributed by atoms with Crippen molar-refractivity contribution in [3.05, 3.63) is 34.3 Å². The lowest BCUT2D eigenvalue weighted by Crippen LogP contribution is -2.28. The lowest BCUT2D eigenvalue weighted by atomic mass is 10.0. The Morgan fingerprint density at radius 3 is 2.68 bits per heavy atom. The van der Waals surface area contributed by atoms with Crippen LogP contribution in [0.15, 0.2) is 28.7 Å². The number of hydrogen-bond donors (Lipinski definition) is 1. The van der Waals surface area contributed by atoms with Gasteiger partial charge in [0.2, 0.25) is 5.91 Å². The maximum Gasteiger partial charge on any atom is 0.222 e. The number of halogens is 2. The quantitative estimate of drug-likeness (QED) is 0.908. The van der Waals surface area contributed by atoms with Crippen molar-refractivity contribution < 1.29 is 4.79 Å². The van der Waals surface area contributed by atoms with Gasteiger partial charge in [0.05, 0.1) is 0 Å². The van der Waals surface area contributed by atoms with Gasteiger partial charge in [-0.15, -0.1) is 12.4 Å². The molecule has 1 saturated heterocycles. The topological polar surface area (TPSA) is 32.3 Å². The molecule has 19 heavy (non-hydrogen) atoms. The Morgan fingerprint density at radius 1 is 1.42 bits per heavy atom. The summed E-state index contributed by atoms with van der Waals surface area (Å²) >= 11 is 3.41. The monoisotopic (exact) mass is 346 g/mol. The molecule has 0 aliphatic carbocycles. The second-order valence-electron chi connectivity index (χ2n) is 4.94. The van der Waals surface area contributed by atoms with Gasteiger partial charge in [-0.25, -0.2) is 0 Å². The molecule has 1 aromatic carbocycles. The summed E-state index contributed by atoms with van der Waals surface area (Å²) in [4.78, 5) is 13.9. The van der Waals surface area contributed by atoms with Gasteiger partial charge in [0.1, 0.15) is 0 Å². The van der Waals surface area contributed by atoms with Crippen molar-refractivity contribution in [2.45, 2.75) is 19.4 Å². The molecule has 1 unspecified atom stereocenters. The predicted molar refractivity (Wildman–Crippen MR) is 83.5 cm³/mol. The third kappa shape index (κ3) is 5.13. The van der Waals surface area contributed by atoms with Crippen LogP contribution in [0.5, 0.6) is 0 Å². The Morgan fingerprint density at radius 2 is 2.11 bits per heavy atom. The molecular weight excluding hydrogens is 328 g/mol. The first-order valence-electron chi connectivity index (χ1n) is 6.34. The molecule has 2 rings (SSSR count). The minimum Gasteiger partial charge on any atom is -0.341 e. The zero-order chi connectivity index (χ0) is 13.0. The molecule has 106 valence electrons. The zero-order valence-electron chi connectivity index (χ0n) is 11.1. The first kappa shape index (κ1) is 16.5. The Hall–Kier alpha value is -0.580. The summed E-state index contributed by atoms with van der Waals surface area (Å²) in [7, 11) is 1.88. The average Bonchev–Trinajstić information content (AvgIpc) is 2.85. The molecule has 1 N–H and O–H groups in total. The summed E-state index contributed by atoms with van der Waals surface area (Å²) in [5, 5.41) is 3.30. The van der Waals surface area contributed by atoms with Crippen LogP contribution in [0.25, 0.3) is 0 Å². The number of rotatable bonds is 4. The summed E-state index contributed by atoms with van der Waals surface area (Å²) in [6.45, 7) is 2.72. The largest absolute Gasteiger partial charge is 0.341 e. The van der Waals surface area contributed by atoms with Gasteiger partial charge >= 0.3 is 0 Å². The molecule has 1 aromatic rings. The molecule has 0 spiro atoms. The van der Waals surface area contributed by atoms with Crippen molar-refractivity contribution in [2.24, 2.45) is 5.92 Å². The SMILES string of the molecule is CN(Cc1ccc(Br)cc1)C(=O)CC1CCNC1.Cl. The number of carbonyl (C=O) groups excluding carboxylic acids is 1. The van der Waals surface area contributed by atoms with E-state index in [0.29, 0.717) is 18.9 Å². The normalized spacial score (nSPS) is 17.9. The first-order valence-corrected chi connectivity index (χ1v) is 7.13. The standard InChI is InChI=1S/C14H19BrN2O.ClH/c1-17(10-11-2-4-13(15)5-3-11)14(18)8-12-6-7-16-9-12;/h2-5,12,16H,6-10H2,1H3;1H. The second kappa shape index (κ2) is 7.88. The van der Waals surface area contributed by atoms with Crippen LogP contribution >= 0.6 is 28.3 Å². The molecule has 1 amide bonds. The van der Waals surface area contributed by atoms with Crippen LogP contribution in [0.4, 0.5) is 0 Å². The van der Waals surface area contributed by atoms with Gasteiger partial charge in [-0.1, -0.05) is 28.1 Å². The molecule has 0 aromatic heterocycles. The summed E-state index contributed by atoms with van der Waals surface area (Å²) in [5.41, 5.74) is 1.17. The maximum absolute atomic E-state index is 12.1. The van der Waals surface area contributed by atoms with E-state index in [-0.39, 0.29) is 18.3 Å². The van der Waals surface area contributed by atoms with Gasteiger partial charge < -0.3 is 10.2 Å². The van der Waals surface area contributed by atoms with Gasteiger partial charge in [-0.05, 0) is 43.1 Å². The van der Waals surface area contributed by atoms with Crippen molar-refractivity contribution in [1.29, 1.82) is 0 Å². The molecule has 1 aliphatic rings. The summed E-state index contributed by atoms with van der Waals surface area (Å²) in [6.07, 6.45) is 1.79. The van der Waals surface area contributed by atoms with E-state index < -0.39 is 0 Å². The molecular formula is C14H20BrClN2O. The second-order valence-corrected chi connectivity index (χ2v) is 5.85. The number of benzene rings is 1. The summed E-state index contributed by atoms with van der Waals surface area (Å²) in [5.74, 6) is 0.761. The molecule has 3 nitrogen and oxygen atoms in total. The van der Waals surface area contributed by atoms with E-state index in [1.165, 1.54) is 5.56 Å². The van der Waals surface area contributed by atoms with Crippen molar-refractivity contribution in [2.75, 3.05) is 20.1 Å². The van der Waals surface area contributed by atoms with Crippen LogP contribution in [0.1, 0.15) is 18.4 Å². The molecule has 0 saturated carbocycles. The van der Waals surface area contributed by atoms with Crippen molar-refractivity contribution >= 4 is 34.2 Å². The molecule has 1 aliphatic heterocycles. The number of carbonyl (C=O) groups is 1. The van der Waals surface area contributed by atoms with Gasteiger partial charge in [0.25, 0.3) is 0 Å². The summed E-state index contributed by atoms with van der Waals surface area (Å²) < 4.78 is 1.07. The third-order valence-electron chi connectivity index (χ3n) is 3.38. The lowest BCUT2D eigenvalue weighted by molar-refractivity contribution is -0.131. The van der Waals surface area contributed by atoms with Gasteiger partial charge in [-0.2, -0.15) is 0 Å². The fraction of sp³-hybridized carbons (Fsp3) is 0.500. The third-order valence-corrected chi connectivity index (χ3v) is 3.91. The Bertz CT molecular complexity index is 404. The van der Waals surface area contributed by atoms with E-state index in [4.69, 9.17) is 0 Å². The highest BCUT2D eigenvalue weighted by molar-refractivity contribution is 9.10. The fourth-order valence-electron chi connectivity index (χ4n) is 2.24. The van der Waals surface area contributed by atoms with E-state index in [0.717, 1.165) is 24.0 Å². The highest BCUT2D eigenvalue weighted by Gasteiger charge is 2.20. The van der Waals surface area contributed by atoms with Crippen LogP contribution in [0, 0.1) is 5.92 Å². The number of hydrogen-bond acceptors (Lipinski definition) is 2. The van der Waals surface area contributed by atoms with E-state index in [2.05, 4.69) is 21.2 Å². The Kier molecular flexibility index (Phi) is 6.83. The highest BCUT2D eigenvalue weighted by atomic mass is 79.9. The van der Waals surface area contributed by atoms with Crippen LogP contribution in [0.2, 0.25) is 0 Å². The summed E-state index contributed by atoms with van der Waals surface area (Å²) in [6, 6.07) is 8.11. The minimum absolute atomic E-state index is 0. The smallest absolute Gasteiger partial charge is 0.222 e. The van der Waals surface area contributed by atoms with Gasteiger partial charge in [0, 0.05) is 24.5 Å².